The minimum atomic E-state index is -0.788. The fraction of sp³-hybridized carbons (Fsp3) is 0.671. The molecule has 1 atom stereocenters. The number of carbonyl (C=O) groups is 3. The molecule has 76 heavy (non-hydrogen) atoms. The molecule has 0 aliphatic rings. The van der Waals surface area contributed by atoms with E-state index in [-0.39, 0.29) is 31.1 Å². The van der Waals surface area contributed by atoms with Crippen molar-refractivity contribution in [3.05, 3.63) is 122 Å². The van der Waals surface area contributed by atoms with Gasteiger partial charge in [0.05, 0.1) is 0 Å². The van der Waals surface area contributed by atoms with Gasteiger partial charge in [-0.2, -0.15) is 0 Å². The van der Waals surface area contributed by atoms with E-state index in [0.29, 0.717) is 19.3 Å². The van der Waals surface area contributed by atoms with Crippen LogP contribution in [0.15, 0.2) is 122 Å². The molecule has 0 spiro atoms. The van der Waals surface area contributed by atoms with Crippen LogP contribution in [0.5, 0.6) is 0 Å². The number of ether oxygens (including phenoxy) is 3. The highest BCUT2D eigenvalue weighted by molar-refractivity contribution is 5.71. The van der Waals surface area contributed by atoms with Gasteiger partial charge in [-0.1, -0.05) is 277 Å². The Morgan fingerprint density at radius 1 is 0.276 bits per heavy atom. The fourth-order valence-electron chi connectivity index (χ4n) is 8.56. The van der Waals surface area contributed by atoms with Crippen molar-refractivity contribution in [3.63, 3.8) is 0 Å². The van der Waals surface area contributed by atoms with Crippen LogP contribution in [-0.2, 0) is 28.6 Å². The normalized spacial score (nSPS) is 12.9. The standard InChI is InChI=1S/C70H116O6/c1-4-7-10-13-16-18-20-22-24-26-27-28-29-30-31-32-33-34-35-36-37-38-39-40-41-42-43-45-46-48-50-52-54-57-60-63-69(72)75-66-67(65-74-68(71)62-59-56-15-12-9-6-3)76-70(73)64-61-58-55-53-51-49-47-44-25-23-21-19-17-14-11-8-5-2/h7-8,10-11,16-19,22-25,27-28,30-31,33-34,47,49,67H,4-6,9,12-15,20-21,26,29,32,35-46,48,50-66H2,1-3H3/b10-7-,11-8-,18-16-,19-17-,24-22-,25-23-,28-27-,31-30-,34-33-,49-47-. The fourth-order valence-corrected chi connectivity index (χ4v) is 8.56. The summed E-state index contributed by atoms with van der Waals surface area (Å²) in [5.41, 5.74) is 0. The van der Waals surface area contributed by atoms with Crippen LogP contribution < -0.4 is 0 Å². The first-order valence-corrected chi connectivity index (χ1v) is 31.5. The highest BCUT2D eigenvalue weighted by Gasteiger charge is 2.19. The van der Waals surface area contributed by atoms with Gasteiger partial charge in [-0.25, -0.2) is 0 Å². The second-order valence-corrected chi connectivity index (χ2v) is 20.6. The second-order valence-electron chi connectivity index (χ2n) is 20.6. The van der Waals surface area contributed by atoms with Crippen LogP contribution in [-0.4, -0.2) is 37.2 Å². The molecule has 0 aliphatic heterocycles. The molecule has 0 aliphatic carbocycles. The number of unbranched alkanes of at least 4 members (excludes halogenated alkanes) is 25. The average Bonchev–Trinajstić information content (AvgIpc) is 3.42. The minimum Gasteiger partial charge on any atom is -0.462 e. The lowest BCUT2D eigenvalue weighted by Crippen LogP contribution is -2.30. The zero-order chi connectivity index (χ0) is 55.0. The molecule has 1 unspecified atom stereocenters. The number of esters is 3. The van der Waals surface area contributed by atoms with E-state index < -0.39 is 6.10 Å². The summed E-state index contributed by atoms with van der Waals surface area (Å²) in [4.78, 5) is 37.9. The smallest absolute Gasteiger partial charge is 0.306 e. The average molecular weight is 1050 g/mol. The number of hydrogen-bond donors (Lipinski definition) is 0. The summed E-state index contributed by atoms with van der Waals surface area (Å²) >= 11 is 0. The van der Waals surface area contributed by atoms with Crippen molar-refractivity contribution < 1.29 is 28.6 Å². The number of allylic oxidation sites excluding steroid dienone is 20. The molecule has 0 aromatic heterocycles. The Bertz CT molecular complexity index is 1590. The van der Waals surface area contributed by atoms with Gasteiger partial charge in [0.1, 0.15) is 13.2 Å². The summed E-state index contributed by atoms with van der Waals surface area (Å²) in [5.74, 6) is -0.918. The van der Waals surface area contributed by atoms with Crippen LogP contribution >= 0.6 is 0 Å². The van der Waals surface area contributed by atoms with E-state index in [1.165, 1.54) is 109 Å². The largest absolute Gasteiger partial charge is 0.462 e. The van der Waals surface area contributed by atoms with Gasteiger partial charge < -0.3 is 14.2 Å². The van der Waals surface area contributed by atoms with E-state index in [1.807, 2.05) is 0 Å². The SMILES string of the molecule is CC/C=C\C/C=C\C/C=C\C/C=C\C/C=C\C/C=C\CCCCCCCCCCCCCCCCCCC(=O)OCC(COC(=O)CCCCCCCC)OC(=O)CCCCCC/C=C\C/C=C\C/C=C\C/C=C\CC. The van der Waals surface area contributed by atoms with Crippen LogP contribution in [0.3, 0.4) is 0 Å². The lowest BCUT2D eigenvalue weighted by Gasteiger charge is -2.18. The molecule has 0 radical (unpaired) electrons. The van der Waals surface area contributed by atoms with Gasteiger partial charge in [0, 0.05) is 19.3 Å². The Morgan fingerprint density at radius 3 is 0.803 bits per heavy atom. The first-order valence-electron chi connectivity index (χ1n) is 31.5. The molecule has 0 rings (SSSR count). The highest BCUT2D eigenvalue weighted by atomic mass is 16.6. The van der Waals surface area contributed by atoms with Crippen molar-refractivity contribution in [2.45, 2.75) is 290 Å². The molecular formula is C70H116O6. The van der Waals surface area contributed by atoms with Crippen LogP contribution in [0, 0.1) is 0 Å². The summed E-state index contributed by atoms with van der Waals surface area (Å²) in [6, 6.07) is 0. The van der Waals surface area contributed by atoms with Gasteiger partial charge in [0.2, 0.25) is 0 Å². The molecule has 0 heterocycles. The lowest BCUT2D eigenvalue weighted by atomic mass is 10.0. The first-order chi connectivity index (χ1) is 37.5. The predicted octanol–water partition coefficient (Wildman–Crippen LogP) is 21.6. The third-order valence-corrected chi connectivity index (χ3v) is 13.2. The van der Waals surface area contributed by atoms with Gasteiger partial charge in [-0.05, 0) is 109 Å². The zero-order valence-electron chi connectivity index (χ0n) is 49.5. The van der Waals surface area contributed by atoms with E-state index >= 15 is 0 Å². The Kier molecular flexibility index (Phi) is 59.9. The van der Waals surface area contributed by atoms with Crippen molar-refractivity contribution in [2.75, 3.05) is 13.2 Å². The zero-order valence-corrected chi connectivity index (χ0v) is 49.5. The first kappa shape index (κ1) is 71.8. The summed E-state index contributed by atoms with van der Waals surface area (Å²) in [6.45, 7) is 6.34. The Hall–Kier alpha value is -4.19. The quantitative estimate of drug-likeness (QED) is 0.0261. The molecule has 0 aromatic rings. The van der Waals surface area contributed by atoms with E-state index in [4.69, 9.17) is 14.2 Å². The van der Waals surface area contributed by atoms with Gasteiger partial charge in [0.25, 0.3) is 0 Å². The maximum Gasteiger partial charge on any atom is 0.306 e. The van der Waals surface area contributed by atoms with E-state index in [1.54, 1.807) is 0 Å². The molecule has 0 bridgehead atoms. The maximum atomic E-state index is 12.8. The molecule has 432 valence electrons. The van der Waals surface area contributed by atoms with Crippen molar-refractivity contribution in [1.82, 2.24) is 0 Å². The Balaban J connectivity index is 4.02. The molecule has 0 saturated carbocycles. The maximum absolute atomic E-state index is 12.8. The molecule has 6 heteroatoms. The Labute approximate surface area is 469 Å². The summed E-state index contributed by atoms with van der Waals surface area (Å²) in [7, 11) is 0. The van der Waals surface area contributed by atoms with E-state index in [9.17, 15) is 14.4 Å². The van der Waals surface area contributed by atoms with Crippen molar-refractivity contribution in [3.8, 4) is 0 Å². The highest BCUT2D eigenvalue weighted by Crippen LogP contribution is 2.16. The van der Waals surface area contributed by atoms with E-state index in [2.05, 4.69) is 142 Å². The molecule has 0 amide bonds. The summed E-state index contributed by atoms with van der Waals surface area (Å²) < 4.78 is 16.8. The summed E-state index contributed by atoms with van der Waals surface area (Å²) in [5, 5.41) is 0. The van der Waals surface area contributed by atoms with Gasteiger partial charge in [-0.15, -0.1) is 0 Å². The predicted molar refractivity (Wildman–Crippen MR) is 330 cm³/mol. The number of carbonyl (C=O) groups excluding carboxylic acids is 3. The topological polar surface area (TPSA) is 78.9 Å². The summed E-state index contributed by atoms with van der Waals surface area (Å²) in [6.07, 6.45) is 88.2. The molecule has 0 N–H and O–H groups in total. The van der Waals surface area contributed by atoms with Gasteiger partial charge in [-0.3, -0.25) is 14.4 Å². The lowest BCUT2D eigenvalue weighted by molar-refractivity contribution is -0.167. The van der Waals surface area contributed by atoms with Gasteiger partial charge in [0.15, 0.2) is 6.10 Å². The third kappa shape index (κ3) is 60.7. The van der Waals surface area contributed by atoms with Crippen LogP contribution in [0.1, 0.15) is 284 Å². The van der Waals surface area contributed by atoms with Crippen LogP contribution in [0.25, 0.3) is 0 Å². The minimum absolute atomic E-state index is 0.0872. The van der Waals surface area contributed by atoms with Crippen molar-refractivity contribution >= 4 is 17.9 Å². The molecular weight excluding hydrogens is 937 g/mol. The molecule has 0 saturated heterocycles. The molecule has 6 nitrogen and oxygen atoms in total. The Morgan fingerprint density at radius 2 is 0.513 bits per heavy atom. The van der Waals surface area contributed by atoms with Crippen LogP contribution in [0.4, 0.5) is 0 Å². The second kappa shape index (κ2) is 63.3. The molecule has 0 fully saturated rings. The van der Waals surface area contributed by atoms with Gasteiger partial charge >= 0.3 is 17.9 Å². The molecule has 0 aromatic carbocycles. The monoisotopic (exact) mass is 1050 g/mol. The van der Waals surface area contributed by atoms with Crippen LogP contribution in [0.2, 0.25) is 0 Å². The van der Waals surface area contributed by atoms with Crippen molar-refractivity contribution in [1.29, 1.82) is 0 Å². The number of rotatable bonds is 56. The van der Waals surface area contributed by atoms with Crippen molar-refractivity contribution in [2.24, 2.45) is 0 Å². The third-order valence-electron chi connectivity index (χ3n) is 13.2. The number of hydrogen-bond acceptors (Lipinski definition) is 6. The van der Waals surface area contributed by atoms with E-state index in [0.717, 1.165) is 135 Å².